The number of halogens is 2. The molecule has 0 aromatic heterocycles. The minimum absolute atomic E-state index is 0.0267. The second-order valence-electron chi connectivity index (χ2n) is 8.88. The fourth-order valence-electron chi connectivity index (χ4n) is 5.07. The van der Waals surface area contributed by atoms with Gasteiger partial charge in [-0.15, -0.1) is 0 Å². The minimum atomic E-state index is -0.657. The van der Waals surface area contributed by atoms with Crippen molar-refractivity contribution < 1.29 is 14.0 Å². The molecule has 0 radical (unpaired) electrons. The molecule has 1 heterocycles. The van der Waals surface area contributed by atoms with E-state index >= 15 is 0 Å². The van der Waals surface area contributed by atoms with Gasteiger partial charge in [0.2, 0.25) is 0 Å². The number of para-hydroxylation sites is 1. The summed E-state index contributed by atoms with van der Waals surface area (Å²) in [5, 5.41) is 6.49. The molecule has 2 aliphatic rings. The van der Waals surface area contributed by atoms with Crippen LogP contribution in [0.25, 0.3) is 0 Å². The molecule has 3 aromatic rings. The fraction of sp³-hybridized carbons (Fsp3) is 0.172. The van der Waals surface area contributed by atoms with Crippen molar-refractivity contribution in [3.63, 3.8) is 0 Å². The van der Waals surface area contributed by atoms with E-state index in [4.69, 9.17) is 11.6 Å². The van der Waals surface area contributed by atoms with Gasteiger partial charge in [-0.2, -0.15) is 0 Å². The first-order chi connectivity index (χ1) is 16.9. The van der Waals surface area contributed by atoms with E-state index in [1.54, 1.807) is 25.1 Å². The summed E-state index contributed by atoms with van der Waals surface area (Å²) in [6.07, 6.45) is 0.984. The number of allylic oxidation sites excluding steroid dienone is 3. The Labute approximate surface area is 208 Å². The fourth-order valence-corrected chi connectivity index (χ4v) is 5.32. The summed E-state index contributed by atoms with van der Waals surface area (Å²) < 4.78 is 14.3. The number of carbonyl (C=O) groups is 2. The van der Waals surface area contributed by atoms with E-state index in [0.717, 1.165) is 11.3 Å². The summed E-state index contributed by atoms with van der Waals surface area (Å²) in [6, 6.07) is 23.2. The predicted octanol–water partition coefficient (Wildman–Crippen LogP) is 6.48. The topological polar surface area (TPSA) is 58.2 Å². The number of carbonyl (C=O) groups excluding carboxylic acids is 2. The van der Waals surface area contributed by atoms with Crippen LogP contribution in [-0.2, 0) is 9.59 Å². The van der Waals surface area contributed by atoms with Gasteiger partial charge in [0, 0.05) is 39.9 Å². The van der Waals surface area contributed by atoms with E-state index in [9.17, 15) is 14.0 Å². The van der Waals surface area contributed by atoms with Crippen molar-refractivity contribution in [2.45, 2.75) is 31.6 Å². The molecule has 176 valence electrons. The van der Waals surface area contributed by atoms with Gasteiger partial charge in [-0.25, -0.2) is 4.39 Å². The normalized spacial score (nSPS) is 19.8. The number of amides is 1. The van der Waals surface area contributed by atoms with Gasteiger partial charge < -0.3 is 10.6 Å². The highest BCUT2D eigenvalue weighted by Gasteiger charge is 2.41. The number of dihydropyridines is 1. The third kappa shape index (κ3) is 4.40. The number of anilines is 1. The van der Waals surface area contributed by atoms with E-state index in [2.05, 4.69) is 10.6 Å². The van der Waals surface area contributed by atoms with Crippen molar-refractivity contribution >= 4 is 29.0 Å². The molecule has 0 bridgehead atoms. The van der Waals surface area contributed by atoms with Crippen molar-refractivity contribution in [1.82, 2.24) is 5.32 Å². The van der Waals surface area contributed by atoms with Gasteiger partial charge in [-0.05, 0) is 48.6 Å². The smallest absolute Gasteiger partial charge is 0.254 e. The first-order valence-corrected chi connectivity index (χ1v) is 11.9. The van der Waals surface area contributed by atoms with Crippen LogP contribution in [0.2, 0.25) is 5.02 Å². The number of rotatable bonds is 4. The Bertz CT molecular complexity index is 1380. The van der Waals surface area contributed by atoms with E-state index in [-0.39, 0.29) is 17.4 Å². The number of hydrogen-bond donors (Lipinski definition) is 2. The Morgan fingerprint density at radius 1 is 0.971 bits per heavy atom. The Kier molecular flexibility index (Phi) is 6.27. The zero-order chi connectivity index (χ0) is 24.5. The average Bonchev–Trinajstić information content (AvgIpc) is 2.85. The molecule has 2 atom stereocenters. The summed E-state index contributed by atoms with van der Waals surface area (Å²) in [5.74, 6) is -1.65. The summed E-state index contributed by atoms with van der Waals surface area (Å²) in [6.45, 7) is 1.81. The first kappa shape index (κ1) is 23.1. The van der Waals surface area contributed by atoms with Crippen LogP contribution in [0.5, 0.6) is 0 Å². The first-order valence-electron chi connectivity index (χ1n) is 11.5. The van der Waals surface area contributed by atoms with Crippen LogP contribution in [0.1, 0.15) is 42.7 Å². The van der Waals surface area contributed by atoms with Gasteiger partial charge in [0.1, 0.15) is 5.82 Å². The van der Waals surface area contributed by atoms with Crippen molar-refractivity contribution in [3.05, 3.63) is 123 Å². The highest BCUT2D eigenvalue weighted by atomic mass is 35.5. The SMILES string of the molecule is CC1=C(C(=O)Nc2ccccc2F)[C@H](c2ccccc2Cl)C2=C(C[C@@H](c3ccccc3)CC2=O)N1. The van der Waals surface area contributed by atoms with E-state index in [1.807, 2.05) is 48.5 Å². The summed E-state index contributed by atoms with van der Waals surface area (Å²) >= 11 is 6.60. The molecule has 0 fully saturated rings. The molecule has 4 nitrogen and oxygen atoms in total. The van der Waals surface area contributed by atoms with Gasteiger partial charge in [-0.3, -0.25) is 9.59 Å². The largest absolute Gasteiger partial charge is 0.362 e. The van der Waals surface area contributed by atoms with Gasteiger partial charge in [-0.1, -0.05) is 72.3 Å². The molecule has 1 aliphatic carbocycles. The van der Waals surface area contributed by atoms with Crippen LogP contribution < -0.4 is 10.6 Å². The monoisotopic (exact) mass is 486 g/mol. The molecule has 1 aliphatic heterocycles. The van der Waals surface area contributed by atoms with Crippen LogP contribution in [0.15, 0.2) is 101 Å². The number of hydrogen-bond acceptors (Lipinski definition) is 3. The standard InChI is InChI=1S/C29H24ClFN2O2/c1-17-26(29(35)33-23-14-8-7-13-22(23)31)27(20-11-5-6-12-21(20)30)28-24(32-17)15-19(16-25(28)34)18-9-3-2-4-10-18/h2-14,19,27,32H,15-16H2,1H3,(H,33,35)/t19-,27+/m1/s1. The molecule has 5 rings (SSSR count). The summed E-state index contributed by atoms with van der Waals surface area (Å²) in [4.78, 5) is 27.2. The Morgan fingerprint density at radius 2 is 1.66 bits per heavy atom. The molecule has 0 saturated carbocycles. The molecule has 1 amide bonds. The zero-order valence-electron chi connectivity index (χ0n) is 19.1. The molecular weight excluding hydrogens is 463 g/mol. The molecule has 35 heavy (non-hydrogen) atoms. The third-order valence-electron chi connectivity index (χ3n) is 6.68. The molecular formula is C29H24ClFN2O2. The van der Waals surface area contributed by atoms with E-state index in [0.29, 0.717) is 40.3 Å². The minimum Gasteiger partial charge on any atom is -0.362 e. The number of benzene rings is 3. The van der Waals surface area contributed by atoms with E-state index < -0.39 is 17.6 Å². The maximum Gasteiger partial charge on any atom is 0.254 e. The van der Waals surface area contributed by atoms with Crippen molar-refractivity contribution in [3.8, 4) is 0 Å². The number of Topliss-reactive ketones (excluding diaryl/α,β-unsaturated/α-hetero) is 1. The van der Waals surface area contributed by atoms with Gasteiger partial charge in [0.05, 0.1) is 5.69 Å². The number of ketones is 1. The molecule has 2 N–H and O–H groups in total. The Hall–Kier alpha value is -3.70. The highest BCUT2D eigenvalue weighted by Crippen LogP contribution is 2.47. The van der Waals surface area contributed by atoms with Gasteiger partial charge in [0.15, 0.2) is 5.78 Å². The van der Waals surface area contributed by atoms with Gasteiger partial charge in [0.25, 0.3) is 5.91 Å². The third-order valence-corrected chi connectivity index (χ3v) is 7.03. The molecule has 0 spiro atoms. The van der Waals surface area contributed by atoms with Crippen LogP contribution in [0.3, 0.4) is 0 Å². The molecule has 0 saturated heterocycles. The number of nitrogens with one attached hydrogen (secondary N) is 2. The van der Waals surface area contributed by atoms with Crippen LogP contribution in [-0.4, -0.2) is 11.7 Å². The van der Waals surface area contributed by atoms with Crippen LogP contribution >= 0.6 is 11.6 Å². The predicted molar refractivity (Wildman–Crippen MR) is 136 cm³/mol. The lowest BCUT2D eigenvalue weighted by Gasteiger charge is -2.37. The lowest BCUT2D eigenvalue weighted by atomic mass is 9.71. The Morgan fingerprint density at radius 3 is 2.40 bits per heavy atom. The van der Waals surface area contributed by atoms with Crippen LogP contribution in [0.4, 0.5) is 10.1 Å². The summed E-state index contributed by atoms with van der Waals surface area (Å²) in [5.41, 5.74) is 4.18. The van der Waals surface area contributed by atoms with Gasteiger partial charge >= 0.3 is 0 Å². The van der Waals surface area contributed by atoms with Crippen molar-refractivity contribution in [2.75, 3.05) is 5.32 Å². The quantitative estimate of drug-likeness (QED) is 0.443. The second kappa shape index (κ2) is 9.51. The maximum absolute atomic E-state index is 14.3. The lowest BCUT2D eigenvalue weighted by molar-refractivity contribution is -0.116. The molecule has 3 aromatic carbocycles. The van der Waals surface area contributed by atoms with E-state index in [1.165, 1.54) is 12.1 Å². The molecule has 0 unspecified atom stereocenters. The average molecular weight is 487 g/mol. The van der Waals surface area contributed by atoms with Crippen LogP contribution in [0, 0.1) is 5.82 Å². The summed E-state index contributed by atoms with van der Waals surface area (Å²) in [7, 11) is 0. The van der Waals surface area contributed by atoms with Crippen molar-refractivity contribution in [2.24, 2.45) is 0 Å². The highest BCUT2D eigenvalue weighted by molar-refractivity contribution is 6.31. The van der Waals surface area contributed by atoms with Crippen molar-refractivity contribution in [1.29, 1.82) is 0 Å². The zero-order valence-corrected chi connectivity index (χ0v) is 19.9. The maximum atomic E-state index is 14.3. The molecule has 6 heteroatoms. The Balaban J connectivity index is 1.59. The second-order valence-corrected chi connectivity index (χ2v) is 9.29. The lowest BCUT2D eigenvalue weighted by Crippen LogP contribution is -2.37.